The van der Waals surface area contributed by atoms with Gasteiger partial charge in [0.15, 0.2) is 0 Å². The van der Waals surface area contributed by atoms with Crippen molar-refractivity contribution in [3.05, 3.63) is 11.9 Å². The lowest BCUT2D eigenvalue weighted by atomic mass is 10.1. The predicted molar refractivity (Wildman–Crippen MR) is 81.1 cm³/mol. The van der Waals surface area contributed by atoms with Gasteiger partial charge in [-0.05, 0) is 13.3 Å². The highest BCUT2D eigenvalue weighted by atomic mass is 16.3. The molecule has 0 unspecified atom stereocenters. The molecule has 0 saturated carbocycles. The molecule has 20 heavy (non-hydrogen) atoms. The van der Waals surface area contributed by atoms with Gasteiger partial charge in [0.25, 0.3) is 0 Å². The largest absolute Gasteiger partial charge is 0.394 e. The Labute approximate surface area is 120 Å². The highest BCUT2D eigenvalue weighted by molar-refractivity contribution is 5.49. The zero-order valence-corrected chi connectivity index (χ0v) is 12.8. The molecule has 1 aromatic heterocycles. The second kappa shape index (κ2) is 7.40. The Bertz CT molecular complexity index is 420. The molecular formula is C14H26N4O2. The molecule has 1 rings (SSSR count). The van der Waals surface area contributed by atoms with Crippen LogP contribution < -0.4 is 10.6 Å². The van der Waals surface area contributed by atoms with Crippen molar-refractivity contribution in [3.63, 3.8) is 0 Å². The summed E-state index contributed by atoms with van der Waals surface area (Å²) in [5.41, 5.74) is -0.801. The first-order chi connectivity index (χ1) is 9.44. The summed E-state index contributed by atoms with van der Waals surface area (Å²) in [5.74, 6) is 2.29. The molecule has 1 aromatic rings. The quantitative estimate of drug-likeness (QED) is 0.579. The number of aromatic nitrogens is 2. The van der Waals surface area contributed by atoms with Crippen molar-refractivity contribution in [1.82, 2.24) is 9.97 Å². The fraction of sp³-hybridized carbons (Fsp3) is 0.714. The third-order valence-electron chi connectivity index (χ3n) is 2.94. The van der Waals surface area contributed by atoms with Crippen molar-refractivity contribution in [2.75, 3.05) is 30.4 Å². The molecular weight excluding hydrogens is 256 g/mol. The van der Waals surface area contributed by atoms with E-state index in [4.69, 9.17) is 0 Å². The Balaban J connectivity index is 3.02. The van der Waals surface area contributed by atoms with Crippen LogP contribution in [0.4, 0.5) is 11.6 Å². The second-order valence-electron chi connectivity index (χ2n) is 5.58. The van der Waals surface area contributed by atoms with Crippen LogP contribution in [0.3, 0.4) is 0 Å². The summed E-state index contributed by atoms with van der Waals surface area (Å²) >= 11 is 0. The van der Waals surface area contributed by atoms with Gasteiger partial charge in [-0.25, -0.2) is 9.97 Å². The van der Waals surface area contributed by atoms with E-state index in [0.717, 1.165) is 24.6 Å². The van der Waals surface area contributed by atoms with Gasteiger partial charge < -0.3 is 20.8 Å². The summed E-state index contributed by atoms with van der Waals surface area (Å²) < 4.78 is 0. The zero-order chi connectivity index (χ0) is 15.2. The van der Waals surface area contributed by atoms with E-state index in [0.29, 0.717) is 5.82 Å². The van der Waals surface area contributed by atoms with Gasteiger partial charge in [0.2, 0.25) is 0 Å². The Hall–Kier alpha value is -1.40. The molecule has 0 aliphatic carbocycles. The molecule has 0 amide bonds. The number of anilines is 2. The van der Waals surface area contributed by atoms with E-state index in [-0.39, 0.29) is 19.1 Å². The van der Waals surface area contributed by atoms with Crippen molar-refractivity contribution in [1.29, 1.82) is 0 Å². The normalized spacial score (nSPS) is 11.8. The molecule has 1 heterocycles. The minimum absolute atomic E-state index is 0.178. The van der Waals surface area contributed by atoms with Crippen molar-refractivity contribution >= 4 is 11.6 Å². The van der Waals surface area contributed by atoms with E-state index in [1.807, 2.05) is 13.8 Å². The number of hydrogen-bond donors (Lipinski definition) is 4. The fourth-order valence-electron chi connectivity index (χ4n) is 1.57. The Kier molecular flexibility index (Phi) is 6.16. The third kappa shape index (κ3) is 4.61. The fourth-order valence-corrected chi connectivity index (χ4v) is 1.57. The molecule has 4 N–H and O–H groups in total. The molecule has 0 spiro atoms. The molecule has 0 aliphatic rings. The lowest BCUT2D eigenvalue weighted by molar-refractivity contribution is 0.147. The molecule has 0 aromatic carbocycles. The number of aliphatic hydroxyl groups is 2. The second-order valence-corrected chi connectivity index (χ2v) is 5.58. The minimum atomic E-state index is -0.801. The van der Waals surface area contributed by atoms with Gasteiger partial charge in [-0.1, -0.05) is 20.8 Å². The van der Waals surface area contributed by atoms with Crippen LogP contribution in [0.25, 0.3) is 0 Å². The molecule has 6 heteroatoms. The number of hydrogen-bond acceptors (Lipinski definition) is 6. The van der Waals surface area contributed by atoms with Crippen molar-refractivity contribution in [2.45, 2.75) is 45.6 Å². The first kappa shape index (κ1) is 16.7. The van der Waals surface area contributed by atoms with Gasteiger partial charge in [0.05, 0.1) is 18.8 Å². The summed E-state index contributed by atoms with van der Waals surface area (Å²) in [6, 6.07) is 1.80. The average molecular weight is 282 g/mol. The number of nitrogens with zero attached hydrogens (tertiary/aromatic N) is 2. The van der Waals surface area contributed by atoms with E-state index >= 15 is 0 Å². The number of nitrogens with one attached hydrogen (secondary N) is 2. The molecule has 114 valence electrons. The van der Waals surface area contributed by atoms with Gasteiger partial charge in [0, 0.05) is 18.5 Å². The summed E-state index contributed by atoms with van der Waals surface area (Å²) in [5, 5.41) is 25.0. The van der Waals surface area contributed by atoms with Gasteiger partial charge >= 0.3 is 0 Å². The summed E-state index contributed by atoms with van der Waals surface area (Å²) in [6.07, 6.45) is 1.01. The summed E-state index contributed by atoms with van der Waals surface area (Å²) in [7, 11) is 0. The van der Waals surface area contributed by atoms with Gasteiger partial charge in [0.1, 0.15) is 17.5 Å². The lowest BCUT2D eigenvalue weighted by Crippen LogP contribution is -2.42. The monoisotopic (exact) mass is 282 g/mol. The van der Waals surface area contributed by atoms with Crippen LogP contribution in [0.5, 0.6) is 0 Å². The van der Waals surface area contributed by atoms with E-state index in [1.165, 1.54) is 0 Å². The Morgan fingerprint density at radius 3 is 2.30 bits per heavy atom. The maximum atomic E-state index is 9.35. The third-order valence-corrected chi connectivity index (χ3v) is 2.94. The molecule has 0 radical (unpaired) electrons. The molecule has 6 nitrogen and oxygen atoms in total. The molecule has 0 fully saturated rings. The highest BCUT2D eigenvalue weighted by Gasteiger charge is 2.23. The molecule has 0 bridgehead atoms. The van der Waals surface area contributed by atoms with Crippen LogP contribution in [-0.2, 0) is 0 Å². The number of aliphatic hydroxyl groups excluding tert-OH is 2. The van der Waals surface area contributed by atoms with Crippen LogP contribution in [0.15, 0.2) is 6.07 Å². The average Bonchev–Trinajstić information content (AvgIpc) is 2.44. The standard InChI is InChI=1S/C14H26N4O2/c1-5-6-15-11-7-12(17-13(16-11)10(2)3)18-14(4,8-19)9-20/h7,10,19-20H,5-6,8-9H2,1-4H3,(H2,15,16,17,18). The smallest absolute Gasteiger partial charge is 0.135 e. The summed E-state index contributed by atoms with van der Waals surface area (Å²) in [6.45, 7) is 8.37. The predicted octanol–water partition coefficient (Wildman–Crippen LogP) is 1.58. The van der Waals surface area contributed by atoms with E-state index in [9.17, 15) is 10.2 Å². The first-order valence-electron chi connectivity index (χ1n) is 7.07. The Morgan fingerprint density at radius 2 is 1.80 bits per heavy atom. The van der Waals surface area contributed by atoms with Crippen molar-refractivity contribution in [2.24, 2.45) is 0 Å². The summed E-state index contributed by atoms with van der Waals surface area (Å²) in [4.78, 5) is 8.90. The van der Waals surface area contributed by atoms with E-state index in [2.05, 4.69) is 27.5 Å². The van der Waals surface area contributed by atoms with Crippen molar-refractivity contribution < 1.29 is 10.2 Å². The van der Waals surface area contributed by atoms with Gasteiger partial charge in [-0.15, -0.1) is 0 Å². The van der Waals surface area contributed by atoms with E-state index in [1.54, 1.807) is 13.0 Å². The maximum absolute atomic E-state index is 9.35. The SMILES string of the molecule is CCCNc1cc(NC(C)(CO)CO)nc(C(C)C)n1. The first-order valence-corrected chi connectivity index (χ1v) is 7.07. The molecule has 0 aliphatic heterocycles. The van der Waals surface area contributed by atoms with Gasteiger partial charge in [-0.2, -0.15) is 0 Å². The topological polar surface area (TPSA) is 90.3 Å². The number of rotatable bonds is 8. The van der Waals surface area contributed by atoms with Crippen molar-refractivity contribution in [3.8, 4) is 0 Å². The molecule has 0 saturated heterocycles. The van der Waals surface area contributed by atoms with E-state index < -0.39 is 5.54 Å². The molecule has 0 atom stereocenters. The van der Waals surface area contributed by atoms with Crippen LogP contribution >= 0.6 is 0 Å². The highest BCUT2D eigenvalue weighted by Crippen LogP contribution is 2.20. The lowest BCUT2D eigenvalue weighted by Gasteiger charge is -2.27. The van der Waals surface area contributed by atoms with Crippen LogP contribution in [0, 0.1) is 0 Å². The van der Waals surface area contributed by atoms with Crippen LogP contribution in [-0.4, -0.2) is 45.5 Å². The van der Waals surface area contributed by atoms with Gasteiger partial charge in [-0.3, -0.25) is 0 Å². The van der Waals surface area contributed by atoms with Crippen LogP contribution in [0.2, 0.25) is 0 Å². The Morgan fingerprint density at radius 1 is 1.20 bits per heavy atom. The zero-order valence-electron chi connectivity index (χ0n) is 12.8. The maximum Gasteiger partial charge on any atom is 0.135 e. The van der Waals surface area contributed by atoms with Crippen LogP contribution in [0.1, 0.15) is 45.9 Å². The minimum Gasteiger partial charge on any atom is -0.394 e.